The van der Waals surface area contributed by atoms with Crippen molar-refractivity contribution in [3.8, 4) is 5.75 Å². The minimum absolute atomic E-state index is 0.732. The molecule has 1 aromatic rings. The van der Waals surface area contributed by atoms with Crippen molar-refractivity contribution in [2.75, 3.05) is 20.2 Å². The van der Waals surface area contributed by atoms with Crippen LogP contribution in [0.1, 0.15) is 29.2 Å². The topological polar surface area (TPSA) is 21.3 Å². The highest BCUT2D eigenvalue weighted by atomic mass is 16.5. The molecular formula is C14H23NO. The second-order valence-electron chi connectivity index (χ2n) is 4.21. The Kier molecular flexibility index (Phi) is 4.81. The number of nitrogens with one attached hydrogen (secondary N) is 1. The van der Waals surface area contributed by atoms with Gasteiger partial charge in [-0.05, 0) is 76.0 Å². The van der Waals surface area contributed by atoms with E-state index < -0.39 is 0 Å². The van der Waals surface area contributed by atoms with Gasteiger partial charge in [0.15, 0.2) is 0 Å². The number of ether oxygens (including phenoxy) is 1. The van der Waals surface area contributed by atoms with Gasteiger partial charge in [0, 0.05) is 0 Å². The van der Waals surface area contributed by atoms with Gasteiger partial charge >= 0.3 is 0 Å². The molecule has 0 bridgehead atoms. The van der Waals surface area contributed by atoms with Crippen molar-refractivity contribution >= 4 is 0 Å². The van der Waals surface area contributed by atoms with Crippen LogP contribution >= 0.6 is 0 Å². The third-order valence-electron chi connectivity index (χ3n) is 3.13. The van der Waals surface area contributed by atoms with E-state index in [0.29, 0.717) is 0 Å². The third-order valence-corrected chi connectivity index (χ3v) is 3.13. The van der Waals surface area contributed by atoms with Gasteiger partial charge < -0.3 is 10.1 Å². The fraction of sp³-hybridized carbons (Fsp3) is 0.571. The summed E-state index contributed by atoms with van der Waals surface area (Å²) in [7, 11) is 1.99. The molecule has 0 heterocycles. The fourth-order valence-corrected chi connectivity index (χ4v) is 2.04. The molecule has 0 aliphatic carbocycles. The van der Waals surface area contributed by atoms with Crippen molar-refractivity contribution in [3.63, 3.8) is 0 Å². The quantitative estimate of drug-likeness (QED) is 0.825. The van der Waals surface area contributed by atoms with Gasteiger partial charge in [0.2, 0.25) is 0 Å². The minimum Gasteiger partial charge on any atom is -0.494 e. The molecule has 0 atom stereocenters. The molecule has 1 aromatic carbocycles. The Bertz CT molecular complexity index is 358. The highest BCUT2D eigenvalue weighted by molar-refractivity contribution is 5.48. The number of aryl methyl sites for hydroxylation is 1. The van der Waals surface area contributed by atoms with E-state index in [9.17, 15) is 0 Å². The molecule has 90 valence electrons. The number of likely N-dealkylation sites (N-methyl/N-ethyl adjacent to an activating group) is 1. The SMILES string of the molecule is CCOc1cc(C)c(CCNC)c(C)c1C. The Morgan fingerprint density at radius 3 is 2.44 bits per heavy atom. The Balaban J connectivity index is 3.07. The van der Waals surface area contributed by atoms with Crippen LogP contribution in [0.5, 0.6) is 5.75 Å². The zero-order chi connectivity index (χ0) is 12.1. The molecule has 0 unspecified atom stereocenters. The molecule has 0 saturated carbocycles. The molecule has 0 fully saturated rings. The fourth-order valence-electron chi connectivity index (χ4n) is 2.04. The van der Waals surface area contributed by atoms with E-state index >= 15 is 0 Å². The third kappa shape index (κ3) is 2.76. The van der Waals surface area contributed by atoms with Gasteiger partial charge in [0.25, 0.3) is 0 Å². The average Bonchev–Trinajstić information content (AvgIpc) is 2.26. The summed E-state index contributed by atoms with van der Waals surface area (Å²) in [5.41, 5.74) is 5.44. The van der Waals surface area contributed by atoms with E-state index in [2.05, 4.69) is 32.2 Å². The maximum atomic E-state index is 5.64. The zero-order valence-corrected chi connectivity index (χ0v) is 11.1. The second kappa shape index (κ2) is 5.90. The average molecular weight is 221 g/mol. The summed E-state index contributed by atoms with van der Waals surface area (Å²) in [4.78, 5) is 0. The first-order valence-electron chi connectivity index (χ1n) is 5.98. The van der Waals surface area contributed by atoms with Gasteiger partial charge in [0.05, 0.1) is 6.61 Å². The van der Waals surface area contributed by atoms with Gasteiger partial charge in [-0.1, -0.05) is 0 Å². The maximum Gasteiger partial charge on any atom is 0.122 e. The van der Waals surface area contributed by atoms with Crippen molar-refractivity contribution < 1.29 is 4.74 Å². The molecule has 0 aliphatic heterocycles. The van der Waals surface area contributed by atoms with Crippen LogP contribution in [0.25, 0.3) is 0 Å². The molecule has 0 radical (unpaired) electrons. The standard InChI is InChI=1S/C14H23NO/c1-6-16-14-9-10(2)13(7-8-15-5)11(3)12(14)4/h9,15H,6-8H2,1-5H3. The molecule has 2 heteroatoms. The van der Waals surface area contributed by atoms with Gasteiger partial charge in [0.1, 0.15) is 5.75 Å². The summed E-state index contributed by atoms with van der Waals surface area (Å²) < 4.78 is 5.64. The summed E-state index contributed by atoms with van der Waals surface area (Å²) in [5.74, 6) is 1.03. The molecule has 0 saturated heterocycles. The van der Waals surface area contributed by atoms with Gasteiger partial charge in [-0.25, -0.2) is 0 Å². The molecule has 16 heavy (non-hydrogen) atoms. The molecule has 0 aromatic heterocycles. The first-order chi connectivity index (χ1) is 7.61. The summed E-state index contributed by atoms with van der Waals surface area (Å²) in [5, 5.41) is 3.20. The van der Waals surface area contributed by atoms with Gasteiger partial charge in [-0.3, -0.25) is 0 Å². The van der Waals surface area contributed by atoms with Gasteiger partial charge in [-0.2, -0.15) is 0 Å². The highest BCUT2D eigenvalue weighted by Crippen LogP contribution is 2.27. The van der Waals surface area contributed by atoms with Crippen LogP contribution in [0, 0.1) is 20.8 Å². The van der Waals surface area contributed by atoms with Crippen molar-refractivity contribution in [3.05, 3.63) is 28.3 Å². The van der Waals surface area contributed by atoms with Crippen LogP contribution < -0.4 is 10.1 Å². The van der Waals surface area contributed by atoms with Crippen LogP contribution in [0.2, 0.25) is 0 Å². The van der Waals surface area contributed by atoms with E-state index in [4.69, 9.17) is 4.74 Å². The minimum atomic E-state index is 0.732. The smallest absolute Gasteiger partial charge is 0.122 e. The Hall–Kier alpha value is -1.02. The lowest BCUT2D eigenvalue weighted by Gasteiger charge is -2.16. The predicted molar refractivity (Wildman–Crippen MR) is 69.5 cm³/mol. The number of benzene rings is 1. The van der Waals surface area contributed by atoms with E-state index in [1.807, 2.05) is 14.0 Å². The number of rotatable bonds is 5. The normalized spacial score (nSPS) is 10.6. The van der Waals surface area contributed by atoms with Gasteiger partial charge in [-0.15, -0.1) is 0 Å². The van der Waals surface area contributed by atoms with Crippen LogP contribution in [0.4, 0.5) is 0 Å². The zero-order valence-electron chi connectivity index (χ0n) is 11.1. The lowest BCUT2D eigenvalue weighted by atomic mass is 9.95. The Labute approximate surface area is 99.0 Å². The molecule has 0 spiro atoms. The van der Waals surface area contributed by atoms with E-state index in [-0.39, 0.29) is 0 Å². The number of hydrogen-bond donors (Lipinski definition) is 1. The monoisotopic (exact) mass is 221 g/mol. The van der Waals surface area contributed by atoms with E-state index in [0.717, 1.165) is 25.3 Å². The summed E-state index contributed by atoms with van der Waals surface area (Å²) in [6.07, 6.45) is 1.08. The molecule has 2 nitrogen and oxygen atoms in total. The first-order valence-corrected chi connectivity index (χ1v) is 5.98. The van der Waals surface area contributed by atoms with Crippen molar-refractivity contribution in [1.82, 2.24) is 5.32 Å². The Morgan fingerprint density at radius 1 is 1.19 bits per heavy atom. The molecule has 1 rings (SSSR count). The Morgan fingerprint density at radius 2 is 1.88 bits per heavy atom. The van der Waals surface area contributed by atoms with Crippen molar-refractivity contribution in [2.45, 2.75) is 34.1 Å². The van der Waals surface area contributed by atoms with Crippen molar-refractivity contribution in [1.29, 1.82) is 0 Å². The molecule has 0 aliphatic rings. The molecule has 0 amide bonds. The van der Waals surface area contributed by atoms with E-state index in [1.54, 1.807) is 0 Å². The van der Waals surface area contributed by atoms with E-state index in [1.165, 1.54) is 22.3 Å². The molecular weight excluding hydrogens is 198 g/mol. The second-order valence-corrected chi connectivity index (χ2v) is 4.21. The molecule has 1 N–H and O–H groups in total. The summed E-state index contributed by atoms with van der Waals surface area (Å²) in [6.45, 7) is 10.3. The van der Waals surface area contributed by atoms with Crippen LogP contribution in [0.15, 0.2) is 6.07 Å². The lowest BCUT2D eigenvalue weighted by Crippen LogP contribution is -2.12. The van der Waals surface area contributed by atoms with Crippen LogP contribution in [-0.2, 0) is 6.42 Å². The lowest BCUT2D eigenvalue weighted by molar-refractivity contribution is 0.337. The summed E-state index contributed by atoms with van der Waals surface area (Å²) >= 11 is 0. The van der Waals surface area contributed by atoms with Crippen molar-refractivity contribution in [2.24, 2.45) is 0 Å². The largest absolute Gasteiger partial charge is 0.494 e. The highest BCUT2D eigenvalue weighted by Gasteiger charge is 2.10. The van der Waals surface area contributed by atoms with Crippen LogP contribution in [-0.4, -0.2) is 20.2 Å². The maximum absolute atomic E-state index is 5.64. The number of hydrogen-bond acceptors (Lipinski definition) is 2. The summed E-state index contributed by atoms with van der Waals surface area (Å²) in [6, 6.07) is 2.16. The predicted octanol–water partition coefficient (Wildman–Crippen LogP) is 2.77. The van der Waals surface area contributed by atoms with Crippen LogP contribution in [0.3, 0.4) is 0 Å². The first kappa shape index (κ1) is 13.0.